The summed E-state index contributed by atoms with van der Waals surface area (Å²) in [5.74, 6) is -0.154. The first-order valence-corrected chi connectivity index (χ1v) is 4.24. The van der Waals surface area contributed by atoms with Gasteiger partial charge in [-0.15, -0.1) is 0 Å². The number of carbonyl (C=O) groups excluding carboxylic acids is 1. The van der Waals surface area contributed by atoms with E-state index in [1.807, 2.05) is 0 Å². The zero-order valence-electron chi connectivity index (χ0n) is 7.34. The van der Waals surface area contributed by atoms with Crippen molar-refractivity contribution in [3.8, 4) is 5.75 Å². The van der Waals surface area contributed by atoms with Crippen molar-refractivity contribution in [3.05, 3.63) is 28.8 Å². The van der Waals surface area contributed by atoms with Gasteiger partial charge < -0.3 is 4.74 Å². The van der Waals surface area contributed by atoms with Crippen molar-refractivity contribution in [1.29, 1.82) is 0 Å². The summed E-state index contributed by atoms with van der Waals surface area (Å²) in [7, 11) is 0. The first-order valence-electron chi connectivity index (χ1n) is 3.86. The number of hydrogen-bond acceptors (Lipinski definition) is 2. The van der Waals surface area contributed by atoms with Crippen molar-refractivity contribution in [2.45, 2.75) is 6.18 Å². The van der Waals surface area contributed by atoms with Crippen LogP contribution in [0.2, 0.25) is 5.02 Å². The molecule has 15 heavy (non-hydrogen) atoms. The minimum Gasteiger partial charge on any atom is -0.483 e. The number of ether oxygens (including phenoxy) is 1. The summed E-state index contributed by atoms with van der Waals surface area (Å²) in [4.78, 5) is 10.4. The van der Waals surface area contributed by atoms with Crippen LogP contribution in [-0.2, 0) is 0 Å². The summed E-state index contributed by atoms with van der Waals surface area (Å²) in [5.41, 5.74) is 0.205. The number of aldehydes is 1. The van der Waals surface area contributed by atoms with Gasteiger partial charge in [0.25, 0.3) is 0 Å². The molecule has 0 aliphatic rings. The SMILES string of the molecule is O=Cc1ccc(Cl)c(OCC(F)(F)F)c1. The third kappa shape index (κ3) is 3.79. The van der Waals surface area contributed by atoms with E-state index in [0.717, 1.165) is 6.07 Å². The van der Waals surface area contributed by atoms with Crippen LogP contribution < -0.4 is 4.74 Å². The minimum absolute atomic E-state index is 0.0323. The van der Waals surface area contributed by atoms with E-state index >= 15 is 0 Å². The molecule has 2 nitrogen and oxygen atoms in total. The standard InChI is InChI=1S/C9H6ClF3O2/c10-7-2-1-6(4-14)3-8(7)15-5-9(11,12)13/h1-4H,5H2. The second-order valence-corrected chi connectivity index (χ2v) is 3.12. The Morgan fingerprint density at radius 1 is 1.40 bits per heavy atom. The normalized spacial score (nSPS) is 11.2. The Bertz CT molecular complexity index is 363. The second-order valence-electron chi connectivity index (χ2n) is 2.71. The monoisotopic (exact) mass is 238 g/mol. The van der Waals surface area contributed by atoms with Gasteiger partial charge in [-0.05, 0) is 18.2 Å². The minimum atomic E-state index is -4.43. The maximum atomic E-state index is 11.8. The number of alkyl halides is 3. The first-order chi connectivity index (χ1) is 6.92. The highest BCUT2D eigenvalue weighted by Crippen LogP contribution is 2.27. The lowest BCUT2D eigenvalue weighted by Crippen LogP contribution is -2.19. The predicted molar refractivity (Wildman–Crippen MR) is 48.4 cm³/mol. The highest BCUT2D eigenvalue weighted by molar-refractivity contribution is 6.32. The van der Waals surface area contributed by atoms with Gasteiger partial charge in [0.05, 0.1) is 5.02 Å². The molecule has 0 aliphatic carbocycles. The van der Waals surface area contributed by atoms with E-state index in [1.165, 1.54) is 12.1 Å². The lowest BCUT2D eigenvalue weighted by molar-refractivity contribution is -0.153. The van der Waals surface area contributed by atoms with E-state index in [0.29, 0.717) is 6.29 Å². The van der Waals surface area contributed by atoms with Crippen molar-refractivity contribution >= 4 is 17.9 Å². The largest absolute Gasteiger partial charge is 0.483 e. The third-order valence-corrected chi connectivity index (χ3v) is 1.79. The Hall–Kier alpha value is -1.23. The van der Waals surface area contributed by atoms with Gasteiger partial charge in [-0.3, -0.25) is 4.79 Å². The van der Waals surface area contributed by atoms with Gasteiger partial charge in [0.1, 0.15) is 12.0 Å². The molecule has 0 radical (unpaired) electrons. The van der Waals surface area contributed by atoms with Crippen molar-refractivity contribution in [2.75, 3.05) is 6.61 Å². The van der Waals surface area contributed by atoms with Crippen LogP contribution in [0, 0.1) is 0 Å². The molecule has 0 fully saturated rings. The molecule has 0 saturated carbocycles. The number of hydrogen-bond donors (Lipinski definition) is 0. The smallest absolute Gasteiger partial charge is 0.422 e. The zero-order chi connectivity index (χ0) is 11.5. The van der Waals surface area contributed by atoms with Crippen LogP contribution in [0.1, 0.15) is 10.4 Å². The lowest BCUT2D eigenvalue weighted by atomic mass is 10.2. The molecule has 0 heterocycles. The van der Waals surface area contributed by atoms with Crippen molar-refractivity contribution in [1.82, 2.24) is 0 Å². The van der Waals surface area contributed by atoms with E-state index in [1.54, 1.807) is 0 Å². The highest BCUT2D eigenvalue weighted by Gasteiger charge is 2.28. The number of carbonyl (C=O) groups is 1. The predicted octanol–water partition coefficient (Wildman–Crippen LogP) is 3.09. The summed E-state index contributed by atoms with van der Waals surface area (Å²) in [6, 6.07) is 3.84. The molecule has 0 bridgehead atoms. The molecule has 0 unspecified atom stereocenters. The number of rotatable bonds is 3. The van der Waals surface area contributed by atoms with Gasteiger partial charge >= 0.3 is 6.18 Å². The van der Waals surface area contributed by atoms with Gasteiger partial charge in [0.2, 0.25) is 0 Å². The molecule has 1 rings (SSSR count). The van der Waals surface area contributed by atoms with Crippen LogP contribution in [0.5, 0.6) is 5.75 Å². The van der Waals surface area contributed by atoms with E-state index in [-0.39, 0.29) is 16.3 Å². The maximum absolute atomic E-state index is 11.8. The Balaban J connectivity index is 2.80. The molecular formula is C9H6ClF3O2. The fraction of sp³-hybridized carbons (Fsp3) is 0.222. The van der Waals surface area contributed by atoms with Crippen molar-refractivity contribution in [2.24, 2.45) is 0 Å². The van der Waals surface area contributed by atoms with Gasteiger partial charge in [-0.2, -0.15) is 13.2 Å². The lowest BCUT2D eigenvalue weighted by Gasteiger charge is -2.10. The van der Waals surface area contributed by atoms with Gasteiger partial charge in [-0.25, -0.2) is 0 Å². The molecule has 82 valence electrons. The number of benzene rings is 1. The van der Waals surface area contributed by atoms with E-state index < -0.39 is 12.8 Å². The van der Waals surface area contributed by atoms with Gasteiger partial charge in [0, 0.05) is 5.56 Å². The zero-order valence-corrected chi connectivity index (χ0v) is 8.10. The van der Waals surface area contributed by atoms with E-state index in [2.05, 4.69) is 4.74 Å². The summed E-state index contributed by atoms with van der Waals surface area (Å²) >= 11 is 5.57. The van der Waals surface area contributed by atoms with E-state index in [4.69, 9.17) is 11.6 Å². The van der Waals surface area contributed by atoms with Gasteiger partial charge in [0.15, 0.2) is 6.61 Å². The Labute approximate surface area is 88.6 Å². The second kappa shape index (κ2) is 4.53. The van der Waals surface area contributed by atoms with Crippen molar-refractivity contribution in [3.63, 3.8) is 0 Å². The molecule has 0 aromatic heterocycles. The van der Waals surface area contributed by atoms with Crippen LogP contribution >= 0.6 is 11.6 Å². The fourth-order valence-corrected chi connectivity index (χ4v) is 1.04. The summed E-state index contributed by atoms with van der Waals surface area (Å²) < 4.78 is 39.9. The molecule has 1 aromatic carbocycles. The maximum Gasteiger partial charge on any atom is 0.422 e. The summed E-state index contributed by atoms with van der Waals surface area (Å²) in [5, 5.41) is 0.0323. The van der Waals surface area contributed by atoms with Crippen LogP contribution in [0.4, 0.5) is 13.2 Å². The number of halogens is 4. The van der Waals surface area contributed by atoms with Crippen molar-refractivity contribution < 1.29 is 22.7 Å². The van der Waals surface area contributed by atoms with Gasteiger partial charge in [-0.1, -0.05) is 11.6 Å². The molecule has 0 aliphatic heterocycles. The average molecular weight is 239 g/mol. The Kier molecular flexibility index (Phi) is 3.57. The third-order valence-electron chi connectivity index (χ3n) is 1.48. The quantitative estimate of drug-likeness (QED) is 0.757. The summed E-state index contributed by atoms with van der Waals surface area (Å²) in [6.07, 6.45) is -3.93. The molecular weight excluding hydrogens is 233 g/mol. The molecule has 0 N–H and O–H groups in total. The molecule has 0 spiro atoms. The molecule has 0 atom stereocenters. The Morgan fingerprint density at radius 2 is 2.07 bits per heavy atom. The average Bonchev–Trinajstić information content (AvgIpc) is 2.15. The first kappa shape index (κ1) is 11.8. The summed E-state index contributed by atoms with van der Waals surface area (Å²) in [6.45, 7) is -1.44. The highest BCUT2D eigenvalue weighted by atomic mass is 35.5. The Morgan fingerprint density at radius 3 is 2.60 bits per heavy atom. The van der Waals surface area contributed by atoms with Crippen LogP contribution in [-0.4, -0.2) is 19.1 Å². The fourth-order valence-electron chi connectivity index (χ4n) is 0.863. The topological polar surface area (TPSA) is 26.3 Å². The van der Waals surface area contributed by atoms with Crippen LogP contribution in [0.25, 0.3) is 0 Å². The molecule has 0 amide bonds. The van der Waals surface area contributed by atoms with Crippen LogP contribution in [0.15, 0.2) is 18.2 Å². The molecule has 6 heteroatoms. The molecule has 0 saturated heterocycles. The molecule has 1 aromatic rings. The van der Waals surface area contributed by atoms with Crippen LogP contribution in [0.3, 0.4) is 0 Å². The van der Waals surface area contributed by atoms with E-state index in [9.17, 15) is 18.0 Å².